The molecule has 0 unspecified atom stereocenters. The van der Waals surface area contributed by atoms with Crippen molar-refractivity contribution >= 4 is 69.6 Å². The molecule has 3 aromatic carbocycles. The SMILES string of the molecule is O=C(Nc1ccc(NC(=O)c2cc(Cl)ccc2Cl)cc1)c1cc(Cl)ccc1Cl. The summed E-state index contributed by atoms with van der Waals surface area (Å²) in [5.74, 6) is -0.787. The second-order valence-electron chi connectivity index (χ2n) is 5.73. The van der Waals surface area contributed by atoms with Gasteiger partial charge in [-0.15, -0.1) is 0 Å². The van der Waals surface area contributed by atoms with E-state index in [-0.39, 0.29) is 11.1 Å². The molecular weight excluding hydrogens is 442 g/mol. The smallest absolute Gasteiger partial charge is 0.257 e. The van der Waals surface area contributed by atoms with Crippen LogP contribution in [0.3, 0.4) is 0 Å². The second-order valence-corrected chi connectivity index (χ2v) is 7.42. The molecule has 0 aliphatic rings. The van der Waals surface area contributed by atoms with Gasteiger partial charge in [-0.1, -0.05) is 46.4 Å². The Morgan fingerprint density at radius 1 is 0.571 bits per heavy atom. The summed E-state index contributed by atoms with van der Waals surface area (Å²) in [6.07, 6.45) is 0. The van der Waals surface area contributed by atoms with Gasteiger partial charge in [-0.05, 0) is 60.7 Å². The Kier molecular flexibility index (Phi) is 6.47. The van der Waals surface area contributed by atoms with E-state index >= 15 is 0 Å². The molecule has 0 aliphatic carbocycles. The van der Waals surface area contributed by atoms with E-state index in [1.165, 1.54) is 12.1 Å². The fraction of sp³-hybridized carbons (Fsp3) is 0. The lowest BCUT2D eigenvalue weighted by molar-refractivity contribution is 0.101. The average molecular weight is 454 g/mol. The van der Waals surface area contributed by atoms with Gasteiger partial charge in [0.05, 0.1) is 21.2 Å². The first-order valence-electron chi connectivity index (χ1n) is 7.96. The Morgan fingerprint density at radius 2 is 0.929 bits per heavy atom. The molecule has 0 heterocycles. The van der Waals surface area contributed by atoms with Crippen molar-refractivity contribution < 1.29 is 9.59 Å². The Labute approximate surface area is 181 Å². The highest BCUT2D eigenvalue weighted by atomic mass is 35.5. The monoisotopic (exact) mass is 452 g/mol. The summed E-state index contributed by atoms with van der Waals surface area (Å²) in [4.78, 5) is 24.7. The number of carbonyl (C=O) groups is 2. The van der Waals surface area contributed by atoms with Gasteiger partial charge in [-0.25, -0.2) is 0 Å². The van der Waals surface area contributed by atoms with Crippen LogP contribution >= 0.6 is 46.4 Å². The summed E-state index contributed by atoms with van der Waals surface area (Å²) in [7, 11) is 0. The van der Waals surface area contributed by atoms with E-state index in [0.717, 1.165) is 0 Å². The van der Waals surface area contributed by atoms with Gasteiger partial charge in [0.1, 0.15) is 0 Å². The van der Waals surface area contributed by atoms with Crippen LogP contribution in [0.2, 0.25) is 20.1 Å². The zero-order chi connectivity index (χ0) is 20.3. The molecule has 0 aliphatic heterocycles. The minimum Gasteiger partial charge on any atom is -0.322 e. The van der Waals surface area contributed by atoms with E-state index in [0.29, 0.717) is 31.5 Å². The van der Waals surface area contributed by atoms with E-state index in [1.54, 1.807) is 48.5 Å². The molecule has 8 heteroatoms. The van der Waals surface area contributed by atoms with Crippen LogP contribution in [0.1, 0.15) is 20.7 Å². The fourth-order valence-corrected chi connectivity index (χ4v) is 3.13. The van der Waals surface area contributed by atoms with Crippen molar-refractivity contribution in [3.63, 3.8) is 0 Å². The fourth-order valence-electron chi connectivity index (χ4n) is 2.38. The molecule has 28 heavy (non-hydrogen) atoms. The second kappa shape index (κ2) is 8.84. The number of nitrogens with one attached hydrogen (secondary N) is 2. The van der Waals surface area contributed by atoms with E-state index in [2.05, 4.69) is 10.6 Å². The predicted octanol–water partition coefficient (Wildman–Crippen LogP) is 6.80. The van der Waals surface area contributed by atoms with Gasteiger partial charge in [0.25, 0.3) is 11.8 Å². The number of benzene rings is 3. The highest BCUT2D eigenvalue weighted by molar-refractivity contribution is 6.37. The molecule has 0 bridgehead atoms. The molecule has 0 radical (unpaired) electrons. The van der Waals surface area contributed by atoms with Crippen LogP contribution in [0, 0.1) is 0 Å². The van der Waals surface area contributed by atoms with E-state index in [1.807, 2.05) is 0 Å². The van der Waals surface area contributed by atoms with Gasteiger partial charge < -0.3 is 10.6 Å². The largest absolute Gasteiger partial charge is 0.322 e. The maximum absolute atomic E-state index is 12.4. The number of hydrogen-bond donors (Lipinski definition) is 2. The van der Waals surface area contributed by atoms with E-state index < -0.39 is 11.8 Å². The van der Waals surface area contributed by atoms with Crippen LogP contribution in [0.5, 0.6) is 0 Å². The first-order chi connectivity index (χ1) is 13.3. The maximum Gasteiger partial charge on any atom is 0.257 e. The van der Waals surface area contributed by atoms with Gasteiger partial charge >= 0.3 is 0 Å². The molecule has 3 aromatic rings. The number of carbonyl (C=O) groups excluding carboxylic acids is 2. The third-order valence-corrected chi connectivity index (χ3v) is 4.88. The molecule has 0 aromatic heterocycles. The molecule has 142 valence electrons. The summed E-state index contributed by atoms with van der Waals surface area (Å²) in [6, 6.07) is 15.9. The Morgan fingerprint density at radius 3 is 1.29 bits per heavy atom. The molecule has 0 saturated heterocycles. The lowest BCUT2D eigenvalue weighted by Crippen LogP contribution is -2.14. The molecular formula is C20H12Cl4N2O2. The predicted molar refractivity (Wildman–Crippen MR) is 115 cm³/mol. The van der Waals surface area contributed by atoms with Gasteiger partial charge in [0.15, 0.2) is 0 Å². The number of amides is 2. The van der Waals surface area contributed by atoms with Crippen molar-refractivity contribution in [2.45, 2.75) is 0 Å². The van der Waals surface area contributed by atoms with Crippen molar-refractivity contribution in [2.75, 3.05) is 10.6 Å². The minimum atomic E-state index is -0.394. The normalized spacial score (nSPS) is 10.4. The first kappa shape index (κ1) is 20.5. The Bertz CT molecular complexity index is 968. The van der Waals surface area contributed by atoms with Crippen LogP contribution in [0.15, 0.2) is 60.7 Å². The summed E-state index contributed by atoms with van der Waals surface area (Å²) in [5.41, 5.74) is 1.59. The highest BCUT2D eigenvalue weighted by Crippen LogP contribution is 2.24. The quantitative estimate of drug-likeness (QED) is 0.456. The third kappa shape index (κ3) is 4.97. The van der Waals surface area contributed by atoms with Crippen molar-refractivity contribution in [1.29, 1.82) is 0 Å². The van der Waals surface area contributed by atoms with E-state index in [4.69, 9.17) is 46.4 Å². The highest BCUT2D eigenvalue weighted by Gasteiger charge is 2.13. The van der Waals surface area contributed by atoms with Crippen molar-refractivity contribution in [3.05, 3.63) is 91.9 Å². The van der Waals surface area contributed by atoms with Crippen LogP contribution in [-0.2, 0) is 0 Å². The maximum atomic E-state index is 12.4. The molecule has 0 spiro atoms. The number of rotatable bonds is 4. The minimum absolute atomic E-state index is 0.266. The lowest BCUT2D eigenvalue weighted by Gasteiger charge is -2.10. The summed E-state index contributed by atoms with van der Waals surface area (Å²) < 4.78 is 0. The van der Waals surface area contributed by atoms with Crippen molar-refractivity contribution in [3.8, 4) is 0 Å². The molecule has 0 atom stereocenters. The standard InChI is InChI=1S/C20H12Cl4N2O2/c21-11-1-7-17(23)15(9-11)19(27)25-13-3-5-14(6-4-13)26-20(28)16-10-12(22)2-8-18(16)24/h1-10H,(H,25,27)(H,26,28). The first-order valence-corrected chi connectivity index (χ1v) is 9.47. The summed E-state index contributed by atoms with van der Waals surface area (Å²) in [6.45, 7) is 0. The van der Waals surface area contributed by atoms with Crippen LogP contribution in [0.25, 0.3) is 0 Å². The number of halogens is 4. The third-order valence-electron chi connectivity index (χ3n) is 3.75. The zero-order valence-electron chi connectivity index (χ0n) is 14.1. The van der Waals surface area contributed by atoms with Crippen molar-refractivity contribution in [2.24, 2.45) is 0 Å². The van der Waals surface area contributed by atoms with Gasteiger partial charge in [0, 0.05) is 21.4 Å². The van der Waals surface area contributed by atoms with E-state index in [9.17, 15) is 9.59 Å². The molecule has 3 rings (SSSR count). The summed E-state index contributed by atoms with van der Waals surface area (Å²) in [5, 5.41) is 6.85. The van der Waals surface area contributed by atoms with Crippen LogP contribution < -0.4 is 10.6 Å². The zero-order valence-corrected chi connectivity index (χ0v) is 17.1. The van der Waals surface area contributed by atoms with Gasteiger partial charge in [-0.3, -0.25) is 9.59 Å². The Hall–Kier alpha value is -2.24. The average Bonchev–Trinajstić information content (AvgIpc) is 2.67. The van der Waals surface area contributed by atoms with Gasteiger partial charge in [0.2, 0.25) is 0 Å². The van der Waals surface area contributed by atoms with Gasteiger partial charge in [-0.2, -0.15) is 0 Å². The molecule has 0 fully saturated rings. The molecule has 0 saturated carbocycles. The molecule has 2 N–H and O–H groups in total. The van der Waals surface area contributed by atoms with Crippen molar-refractivity contribution in [1.82, 2.24) is 0 Å². The molecule has 2 amide bonds. The number of anilines is 2. The summed E-state index contributed by atoms with van der Waals surface area (Å²) >= 11 is 23.9. The number of hydrogen-bond acceptors (Lipinski definition) is 2. The van der Waals surface area contributed by atoms with Crippen LogP contribution in [0.4, 0.5) is 11.4 Å². The topological polar surface area (TPSA) is 58.2 Å². The van der Waals surface area contributed by atoms with Crippen LogP contribution in [-0.4, -0.2) is 11.8 Å². The molecule has 4 nitrogen and oxygen atoms in total. The Balaban J connectivity index is 1.69. The lowest BCUT2D eigenvalue weighted by atomic mass is 10.2.